The summed E-state index contributed by atoms with van der Waals surface area (Å²) in [5, 5.41) is 17.3. The minimum Gasteiger partial charge on any atom is -0.458 e. The fraction of sp³-hybridized carbons (Fsp3) is 0.414. The molecule has 5 N–H and O–H groups in total. The fourth-order valence-electron chi connectivity index (χ4n) is 6.28. The topological polar surface area (TPSA) is 175 Å². The van der Waals surface area contributed by atoms with E-state index in [1.807, 2.05) is 0 Å². The van der Waals surface area contributed by atoms with Crippen LogP contribution in [0.5, 0.6) is 0 Å². The van der Waals surface area contributed by atoms with Crippen molar-refractivity contribution in [2.24, 2.45) is 5.73 Å². The molecule has 2 amide bonds. The minimum atomic E-state index is -1.98. The number of ether oxygens (including phenoxy) is 2. The second kappa shape index (κ2) is 10.3. The summed E-state index contributed by atoms with van der Waals surface area (Å²) < 4.78 is 27.0. The number of cyclic esters (lactones) is 1. The number of aliphatic hydroxyl groups is 1. The Balaban J connectivity index is 1.45. The van der Waals surface area contributed by atoms with Crippen molar-refractivity contribution in [2.45, 2.75) is 57.9 Å². The van der Waals surface area contributed by atoms with Gasteiger partial charge in [-0.15, -0.1) is 0 Å². The maximum Gasteiger partial charge on any atom is 0.343 e. The van der Waals surface area contributed by atoms with Crippen LogP contribution >= 0.6 is 0 Å². The number of nitrogens with two attached hydrogens (primary N) is 1. The second-order valence-corrected chi connectivity index (χ2v) is 10.8. The number of amides is 2. The predicted octanol–water partition coefficient (Wildman–Crippen LogP) is 0.680. The van der Waals surface area contributed by atoms with E-state index < -0.39 is 40.8 Å². The number of carbonyl (C=O) groups excluding carboxylic acids is 3. The van der Waals surface area contributed by atoms with Gasteiger partial charge in [-0.05, 0) is 48.9 Å². The van der Waals surface area contributed by atoms with Crippen molar-refractivity contribution in [3.8, 4) is 11.4 Å². The SMILES string of the molecule is CCC1(O)C(=O)OCc2c1cc1n(c2=O)Cc2c-1nc1cc(F)c(C)c3c1c2[C@@H](NC(=O)COCNC(=O)CN)CC3. The van der Waals surface area contributed by atoms with Crippen LogP contribution in [0.2, 0.25) is 0 Å². The molecular weight excluding hydrogens is 549 g/mol. The maximum atomic E-state index is 15.0. The molecule has 0 spiro atoms. The minimum absolute atomic E-state index is 0.00487. The van der Waals surface area contributed by atoms with Crippen molar-refractivity contribution in [2.75, 3.05) is 19.9 Å². The van der Waals surface area contributed by atoms with Crippen molar-refractivity contribution in [3.63, 3.8) is 0 Å². The van der Waals surface area contributed by atoms with Crippen LogP contribution < -0.4 is 21.9 Å². The van der Waals surface area contributed by atoms with Gasteiger partial charge in [-0.25, -0.2) is 14.2 Å². The molecule has 0 saturated carbocycles. The Hall–Kier alpha value is -4.20. The summed E-state index contributed by atoms with van der Waals surface area (Å²) in [4.78, 5) is 55.2. The van der Waals surface area contributed by atoms with Gasteiger partial charge >= 0.3 is 5.97 Å². The molecule has 1 aliphatic carbocycles. The molecule has 3 aliphatic rings. The van der Waals surface area contributed by atoms with Crippen LogP contribution in [0.3, 0.4) is 0 Å². The third-order valence-corrected chi connectivity index (χ3v) is 8.50. The number of fused-ring (bicyclic) bond motifs is 5. The number of hydrogen-bond acceptors (Lipinski definition) is 9. The standard InChI is InChI=1S/C29H30FN5O7/c1-3-29(40)17-6-21-26-15(9-35(21)27(38)16(17)10-42-28(29)39)25-19(33-23(37)11-41-12-32-22(36)8-31)5-4-14-13(2)18(30)7-20(34-26)24(14)25/h6-7,19,40H,3-5,8-12,31H2,1-2H3,(H,32,36)(H,33,37)/t19-,29?/m0/s1. The quantitative estimate of drug-likeness (QED) is 0.139. The summed E-state index contributed by atoms with van der Waals surface area (Å²) in [6.45, 7) is 2.52. The Morgan fingerprint density at radius 2 is 2.05 bits per heavy atom. The lowest BCUT2D eigenvalue weighted by Crippen LogP contribution is -2.44. The van der Waals surface area contributed by atoms with Crippen molar-refractivity contribution in [1.82, 2.24) is 20.2 Å². The average Bonchev–Trinajstić information content (AvgIpc) is 3.35. The number of halogens is 1. The van der Waals surface area contributed by atoms with E-state index in [1.165, 1.54) is 10.6 Å². The van der Waals surface area contributed by atoms with Crippen LogP contribution in [0.1, 0.15) is 59.2 Å². The monoisotopic (exact) mass is 579 g/mol. The first-order valence-corrected chi connectivity index (χ1v) is 13.7. The lowest BCUT2D eigenvalue weighted by molar-refractivity contribution is -0.172. The van der Waals surface area contributed by atoms with E-state index in [4.69, 9.17) is 20.2 Å². The summed E-state index contributed by atoms with van der Waals surface area (Å²) in [6.07, 6.45) is 0.971. The number of rotatable bonds is 7. The maximum absolute atomic E-state index is 15.0. The molecule has 13 heteroatoms. The molecular formula is C29H30FN5O7. The summed E-state index contributed by atoms with van der Waals surface area (Å²) in [6, 6.07) is 2.46. The molecule has 2 atom stereocenters. The zero-order valence-electron chi connectivity index (χ0n) is 23.1. The highest BCUT2D eigenvalue weighted by molar-refractivity contribution is 5.94. The van der Waals surface area contributed by atoms with Gasteiger partial charge in [0.1, 0.15) is 25.8 Å². The molecule has 12 nitrogen and oxygen atoms in total. The average molecular weight is 580 g/mol. The van der Waals surface area contributed by atoms with Crippen LogP contribution in [-0.2, 0) is 49.0 Å². The Morgan fingerprint density at radius 1 is 1.26 bits per heavy atom. The van der Waals surface area contributed by atoms with E-state index in [2.05, 4.69) is 10.6 Å². The van der Waals surface area contributed by atoms with E-state index in [9.17, 15) is 24.3 Å². The number of hydrogen-bond donors (Lipinski definition) is 4. The Labute approximate surface area is 239 Å². The summed E-state index contributed by atoms with van der Waals surface area (Å²) >= 11 is 0. The third kappa shape index (κ3) is 4.18. The third-order valence-electron chi connectivity index (χ3n) is 8.50. The molecule has 0 radical (unpaired) electrons. The zero-order chi connectivity index (χ0) is 29.9. The van der Waals surface area contributed by atoms with Crippen molar-refractivity contribution >= 4 is 28.7 Å². The smallest absolute Gasteiger partial charge is 0.343 e. The van der Waals surface area contributed by atoms with Crippen LogP contribution in [0.25, 0.3) is 22.3 Å². The van der Waals surface area contributed by atoms with Gasteiger partial charge in [0.15, 0.2) is 5.60 Å². The van der Waals surface area contributed by atoms with Crippen LogP contribution in [0, 0.1) is 12.7 Å². The lowest BCUT2D eigenvalue weighted by Gasteiger charge is -2.31. The van der Waals surface area contributed by atoms with Gasteiger partial charge in [-0.1, -0.05) is 6.92 Å². The number of aromatic nitrogens is 2. The highest BCUT2D eigenvalue weighted by atomic mass is 19.1. The molecule has 2 aromatic heterocycles. The zero-order valence-corrected chi connectivity index (χ0v) is 23.1. The van der Waals surface area contributed by atoms with E-state index in [0.717, 1.165) is 16.5 Å². The molecule has 0 bridgehead atoms. The first-order valence-electron chi connectivity index (χ1n) is 13.7. The Bertz CT molecular complexity index is 1750. The summed E-state index contributed by atoms with van der Waals surface area (Å²) in [5.41, 5.74) is 7.16. The van der Waals surface area contributed by atoms with Gasteiger partial charge in [0.05, 0.1) is 41.6 Å². The largest absolute Gasteiger partial charge is 0.458 e. The van der Waals surface area contributed by atoms with Crippen LogP contribution in [0.4, 0.5) is 4.39 Å². The van der Waals surface area contributed by atoms with E-state index in [-0.39, 0.29) is 50.6 Å². The Kier molecular flexibility index (Phi) is 6.83. The lowest BCUT2D eigenvalue weighted by atomic mass is 9.81. The van der Waals surface area contributed by atoms with Gasteiger partial charge in [0.2, 0.25) is 11.8 Å². The van der Waals surface area contributed by atoms with Crippen molar-refractivity contribution in [1.29, 1.82) is 0 Å². The van der Waals surface area contributed by atoms with Crippen molar-refractivity contribution in [3.05, 3.63) is 61.7 Å². The van der Waals surface area contributed by atoms with E-state index in [0.29, 0.717) is 40.9 Å². The first kappa shape index (κ1) is 27.9. The number of aryl methyl sites for hydroxylation is 1. The molecule has 4 heterocycles. The normalized spacial score (nSPS) is 20.0. The number of nitrogens with one attached hydrogen (secondary N) is 2. The highest BCUT2D eigenvalue weighted by Gasteiger charge is 2.46. The van der Waals surface area contributed by atoms with Gasteiger partial charge in [0, 0.05) is 22.6 Å². The fourth-order valence-corrected chi connectivity index (χ4v) is 6.28. The molecule has 42 heavy (non-hydrogen) atoms. The van der Waals surface area contributed by atoms with Gasteiger partial charge < -0.3 is 35.5 Å². The number of nitrogens with zero attached hydrogens (tertiary/aromatic N) is 2. The number of benzene rings is 1. The van der Waals surface area contributed by atoms with Crippen LogP contribution in [-0.4, -0.2) is 52.3 Å². The molecule has 3 aromatic rings. The number of pyridine rings is 2. The summed E-state index contributed by atoms with van der Waals surface area (Å²) in [5.74, 6) is -2.07. The molecule has 6 rings (SSSR count). The molecule has 1 aromatic carbocycles. The van der Waals surface area contributed by atoms with Gasteiger partial charge in [0.25, 0.3) is 5.56 Å². The van der Waals surface area contributed by atoms with Gasteiger partial charge in [-0.2, -0.15) is 0 Å². The molecule has 220 valence electrons. The molecule has 0 fully saturated rings. The highest BCUT2D eigenvalue weighted by Crippen LogP contribution is 2.45. The van der Waals surface area contributed by atoms with Crippen LogP contribution in [0.15, 0.2) is 16.9 Å². The molecule has 1 unspecified atom stereocenters. The van der Waals surface area contributed by atoms with Crippen molar-refractivity contribution < 1.29 is 33.4 Å². The van der Waals surface area contributed by atoms with E-state index >= 15 is 4.39 Å². The predicted molar refractivity (Wildman–Crippen MR) is 146 cm³/mol. The summed E-state index contributed by atoms with van der Waals surface area (Å²) in [7, 11) is 0. The number of esters is 1. The van der Waals surface area contributed by atoms with E-state index in [1.54, 1.807) is 19.9 Å². The first-order chi connectivity index (χ1) is 20.1. The Morgan fingerprint density at radius 3 is 2.79 bits per heavy atom. The number of carbonyl (C=O) groups is 3. The second-order valence-electron chi connectivity index (χ2n) is 10.8. The van der Waals surface area contributed by atoms with Gasteiger partial charge in [-0.3, -0.25) is 14.4 Å². The molecule has 2 aliphatic heterocycles. The molecule has 0 saturated heterocycles.